The Morgan fingerprint density at radius 3 is 1.37 bits per heavy atom. The van der Waals surface area contributed by atoms with Crippen molar-refractivity contribution in [2.75, 3.05) is 13.2 Å². The maximum absolute atomic E-state index is 14.6. The Bertz CT molecular complexity index is 1610. The molecular formula is C65H106O6. The molecule has 0 bridgehead atoms. The van der Waals surface area contributed by atoms with E-state index in [-0.39, 0.29) is 17.9 Å². The molecule has 0 N–H and O–H groups in total. The van der Waals surface area contributed by atoms with Gasteiger partial charge in [-0.3, -0.25) is 19.2 Å². The summed E-state index contributed by atoms with van der Waals surface area (Å²) in [5.41, 5.74) is 1.97. The topological polar surface area (TPSA) is 86.7 Å². The predicted molar refractivity (Wildman–Crippen MR) is 298 cm³/mol. The predicted octanol–water partition coefficient (Wildman–Crippen LogP) is 18.3. The van der Waals surface area contributed by atoms with E-state index in [0.717, 1.165) is 100 Å². The van der Waals surface area contributed by atoms with Crippen LogP contribution in [0.5, 0.6) is 0 Å². The first-order valence-corrected chi connectivity index (χ1v) is 30.3. The Morgan fingerprint density at radius 2 is 0.845 bits per heavy atom. The molecule has 0 heterocycles. The number of unbranched alkanes of at least 4 members (excludes halogenated alkanes) is 22. The van der Waals surface area contributed by atoms with Gasteiger partial charge in [-0.1, -0.05) is 236 Å². The van der Waals surface area contributed by atoms with Gasteiger partial charge in [-0.15, -0.1) is 0 Å². The maximum Gasteiger partial charge on any atom is 0.310 e. The van der Waals surface area contributed by atoms with Crippen LogP contribution in [-0.2, 0) is 41.5 Å². The van der Waals surface area contributed by atoms with Crippen molar-refractivity contribution in [1.82, 2.24) is 0 Å². The van der Waals surface area contributed by atoms with Crippen molar-refractivity contribution in [1.29, 1.82) is 0 Å². The number of ether oxygens (including phenoxy) is 2. The molecule has 71 heavy (non-hydrogen) atoms. The summed E-state index contributed by atoms with van der Waals surface area (Å²) >= 11 is 0. The summed E-state index contributed by atoms with van der Waals surface area (Å²) in [6, 6.07) is 19.5. The SMILES string of the molecule is CCCCCCCCC1C(CCCCCC)CCC(C(CCCCCC)C(=O)CCCCCCOC(=O)Cc2ccccc2)C1CCCCCCCC(=O)CCCCCCCOC(=O)Cc1ccccc1. The number of ketones is 2. The van der Waals surface area contributed by atoms with Crippen molar-refractivity contribution in [3.63, 3.8) is 0 Å². The van der Waals surface area contributed by atoms with Crippen LogP contribution in [0.1, 0.15) is 269 Å². The summed E-state index contributed by atoms with van der Waals surface area (Å²) in [5, 5.41) is 0. The highest BCUT2D eigenvalue weighted by atomic mass is 16.5. The molecule has 1 fully saturated rings. The zero-order valence-electron chi connectivity index (χ0n) is 46.1. The van der Waals surface area contributed by atoms with Gasteiger partial charge in [0.25, 0.3) is 0 Å². The lowest BCUT2D eigenvalue weighted by Gasteiger charge is -2.47. The first-order chi connectivity index (χ1) is 34.9. The Labute approximate surface area is 436 Å². The average molecular weight is 984 g/mol. The minimum Gasteiger partial charge on any atom is -0.465 e. The van der Waals surface area contributed by atoms with Gasteiger partial charge in [-0.25, -0.2) is 0 Å². The number of hydrogen-bond acceptors (Lipinski definition) is 6. The van der Waals surface area contributed by atoms with E-state index in [9.17, 15) is 19.2 Å². The zero-order valence-corrected chi connectivity index (χ0v) is 46.1. The highest BCUT2D eigenvalue weighted by molar-refractivity contribution is 5.81. The number of esters is 2. The second-order valence-electron chi connectivity index (χ2n) is 21.9. The molecule has 5 atom stereocenters. The number of carbonyl (C=O) groups excluding carboxylic acids is 4. The van der Waals surface area contributed by atoms with Crippen molar-refractivity contribution < 1.29 is 28.7 Å². The Morgan fingerprint density at radius 1 is 0.437 bits per heavy atom. The number of benzene rings is 2. The highest BCUT2D eigenvalue weighted by Crippen LogP contribution is 2.50. The lowest BCUT2D eigenvalue weighted by atomic mass is 9.58. The quantitative estimate of drug-likeness (QED) is 0.0485. The largest absolute Gasteiger partial charge is 0.465 e. The summed E-state index contributed by atoms with van der Waals surface area (Å²) in [7, 11) is 0. The van der Waals surface area contributed by atoms with Crippen molar-refractivity contribution >= 4 is 23.5 Å². The molecule has 0 saturated heterocycles. The molecule has 0 amide bonds. The van der Waals surface area contributed by atoms with Gasteiger partial charge in [0.2, 0.25) is 0 Å². The van der Waals surface area contributed by atoms with Gasteiger partial charge in [0.1, 0.15) is 11.6 Å². The second kappa shape index (κ2) is 42.1. The highest BCUT2D eigenvalue weighted by Gasteiger charge is 2.43. The van der Waals surface area contributed by atoms with Crippen LogP contribution in [0.15, 0.2) is 60.7 Å². The lowest BCUT2D eigenvalue weighted by molar-refractivity contribution is -0.143. The fraction of sp³-hybridized carbons (Fsp3) is 0.754. The molecule has 0 radical (unpaired) electrons. The van der Waals surface area contributed by atoms with Crippen LogP contribution >= 0.6 is 0 Å². The average Bonchev–Trinajstić information content (AvgIpc) is 3.37. The van der Waals surface area contributed by atoms with Crippen LogP contribution in [0.4, 0.5) is 0 Å². The molecule has 2 aromatic rings. The Hall–Kier alpha value is -3.28. The number of Topliss-reactive ketones (excluding diaryl/α,β-unsaturated/α-hetero) is 2. The second-order valence-corrected chi connectivity index (χ2v) is 21.9. The Balaban J connectivity index is 1.50. The van der Waals surface area contributed by atoms with Gasteiger partial charge in [-0.05, 0) is 99.0 Å². The van der Waals surface area contributed by atoms with E-state index in [0.29, 0.717) is 68.7 Å². The van der Waals surface area contributed by atoms with Crippen LogP contribution in [0.3, 0.4) is 0 Å². The molecule has 6 nitrogen and oxygen atoms in total. The molecule has 0 aliphatic heterocycles. The number of rotatable bonds is 46. The van der Waals surface area contributed by atoms with E-state index in [1.165, 1.54) is 141 Å². The van der Waals surface area contributed by atoms with Gasteiger partial charge in [0.15, 0.2) is 0 Å². The van der Waals surface area contributed by atoms with Gasteiger partial charge < -0.3 is 9.47 Å². The molecule has 5 unspecified atom stereocenters. The van der Waals surface area contributed by atoms with Crippen LogP contribution in [-0.4, -0.2) is 36.7 Å². The standard InChI is InChI=1S/C65H106O6/c1-4-7-10-13-18-33-45-59-57(42-29-11-8-5-2)49-50-61(62(47-32-12-9-6-3)63(67)48-35-20-22-37-52-71-65(69)54-56-40-27-24-28-41-56)60(59)46-34-19-14-16-30-43-58(66)44-31-17-15-21-36-51-70-64(68)53-55-38-25-23-26-39-55/h23-28,38-41,57,59-62H,4-22,29-37,42-54H2,1-3H3. The minimum atomic E-state index is -0.160. The summed E-state index contributed by atoms with van der Waals surface area (Å²) in [6.45, 7) is 7.87. The molecule has 3 rings (SSSR count). The molecule has 0 aromatic heterocycles. The van der Waals surface area contributed by atoms with E-state index in [2.05, 4.69) is 20.8 Å². The van der Waals surface area contributed by atoms with Crippen LogP contribution in [0, 0.1) is 29.6 Å². The third kappa shape index (κ3) is 29.9. The fourth-order valence-electron chi connectivity index (χ4n) is 11.9. The van der Waals surface area contributed by atoms with E-state index in [1.54, 1.807) is 0 Å². The smallest absolute Gasteiger partial charge is 0.310 e. The normalized spacial score (nSPS) is 17.2. The van der Waals surface area contributed by atoms with Crippen molar-refractivity contribution in [2.45, 2.75) is 271 Å². The van der Waals surface area contributed by atoms with Gasteiger partial charge in [0, 0.05) is 25.2 Å². The summed E-state index contributed by atoms with van der Waals surface area (Å²) in [5.74, 6) is 3.57. The van der Waals surface area contributed by atoms with E-state index in [1.807, 2.05) is 60.7 Å². The minimum absolute atomic E-state index is 0.159. The molecule has 402 valence electrons. The van der Waals surface area contributed by atoms with Crippen LogP contribution in [0.2, 0.25) is 0 Å². The van der Waals surface area contributed by atoms with Crippen molar-refractivity contribution in [3.8, 4) is 0 Å². The molecule has 1 aliphatic carbocycles. The molecule has 2 aromatic carbocycles. The van der Waals surface area contributed by atoms with Gasteiger partial charge >= 0.3 is 11.9 Å². The molecule has 1 aliphatic rings. The first kappa shape index (κ1) is 62.0. The van der Waals surface area contributed by atoms with Crippen LogP contribution in [0.25, 0.3) is 0 Å². The first-order valence-electron chi connectivity index (χ1n) is 30.3. The third-order valence-electron chi connectivity index (χ3n) is 16.0. The molecule has 1 saturated carbocycles. The van der Waals surface area contributed by atoms with Gasteiger partial charge in [0.05, 0.1) is 26.1 Å². The summed E-state index contributed by atoms with van der Waals surface area (Å²) in [6.07, 6.45) is 43.4. The Kier molecular flexibility index (Phi) is 36.8. The van der Waals surface area contributed by atoms with E-state index < -0.39 is 0 Å². The maximum atomic E-state index is 14.6. The van der Waals surface area contributed by atoms with E-state index in [4.69, 9.17) is 9.47 Å². The van der Waals surface area contributed by atoms with Crippen molar-refractivity contribution in [2.24, 2.45) is 29.6 Å². The zero-order chi connectivity index (χ0) is 50.8. The summed E-state index contributed by atoms with van der Waals surface area (Å²) < 4.78 is 11.0. The monoisotopic (exact) mass is 983 g/mol. The number of carbonyl (C=O) groups is 4. The summed E-state index contributed by atoms with van der Waals surface area (Å²) in [4.78, 5) is 51.9. The molecular weight excluding hydrogens is 877 g/mol. The lowest BCUT2D eigenvalue weighted by Crippen LogP contribution is -2.40. The van der Waals surface area contributed by atoms with Gasteiger partial charge in [-0.2, -0.15) is 0 Å². The van der Waals surface area contributed by atoms with E-state index >= 15 is 0 Å². The van der Waals surface area contributed by atoms with Crippen LogP contribution < -0.4 is 0 Å². The number of hydrogen-bond donors (Lipinski definition) is 0. The fourth-order valence-corrected chi connectivity index (χ4v) is 11.9. The van der Waals surface area contributed by atoms with Crippen molar-refractivity contribution in [3.05, 3.63) is 71.8 Å². The third-order valence-corrected chi connectivity index (χ3v) is 16.0. The molecule has 6 heteroatoms. The molecule has 0 spiro atoms.